The van der Waals surface area contributed by atoms with Crippen LogP contribution in [-0.2, 0) is 11.3 Å². The van der Waals surface area contributed by atoms with Crippen LogP contribution in [0, 0.1) is 16.7 Å². The van der Waals surface area contributed by atoms with Crippen molar-refractivity contribution >= 4 is 29.3 Å². The summed E-state index contributed by atoms with van der Waals surface area (Å²) in [6.07, 6.45) is 3.38. The number of carbonyl (C=O) groups excluding carboxylic acids is 1. The molecule has 0 aliphatic rings. The zero-order valence-corrected chi connectivity index (χ0v) is 18.8. The molecule has 3 rings (SSSR count). The highest BCUT2D eigenvalue weighted by atomic mass is 32.1. The van der Waals surface area contributed by atoms with Gasteiger partial charge in [-0.3, -0.25) is 14.2 Å². The van der Waals surface area contributed by atoms with Crippen molar-refractivity contribution in [1.82, 2.24) is 4.57 Å². The fraction of sp³-hybridized carbons (Fsp3) is 0.240. The van der Waals surface area contributed by atoms with Crippen molar-refractivity contribution in [2.24, 2.45) is 5.41 Å². The van der Waals surface area contributed by atoms with Crippen molar-refractivity contribution in [3.63, 3.8) is 0 Å². The fourth-order valence-corrected chi connectivity index (χ4v) is 3.88. The zero-order chi connectivity index (χ0) is 22.6. The molecule has 0 aliphatic carbocycles. The van der Waals surface area contributed by atoms with E-state index >= 15 is 0 Å². The molecule has 0 radical (unpaired) electrons. The zero-order valence-electron chi connectivity index (χ0n) is 18.0. The number of rotatable bonds is 5. The summed E-state index contributed by atoms with van der Waals surface area (Å²) in [4.78, 5) is 25.9. The van der Waals surface area contributed by atoms with Crippen molar-refractivity contribution < 1.29 is 9.53 Å². The molecule has 1 heterocycles. The third-order valence-electron chi connectivity index (χ3n) is 4.77. The van der Waals surface area contributed by atoms with E-state index in [9.17, 15) is 9.59 Å². The van der Waals surface area contributed by atoms with Crippen molar-refractivity contribution in [2.45, 2.75) is 27.3 Å². The summed E-state index contributed by atoms with van der Waals surface area (Å²) in [5.41, 5.74) is 1.62. The number of carbonyl (C=O) groups is 1. The van der Waals surface area contributed by atoms with Crippen LogP contribution < -0.4 is 19.5 Å². The molecule has 0 unspecified atom stereocenters. The van der Waals surface area contributed by atoms with Gasteiger partial charge in [0.25, 0.3) is 5.56 Å². The maximum absolute atomic E-state index is 13.2. The van der Waals surface area contributed by atoms with E-state index in [0.717, 1.165) is 16.9 Å². The molecule has 0 saturated carbocycles. The standard InChI is InChI=1S/C25H24N2O3S/c1-25(2,3)22(28)14-23-27(16-19-7-5-18(15-26)6-8-19)24(29)21(31-23)13-17-9-11-20(30-4)12-10-17/h5-14H,16H2,1-4H3. The average molecular weight is 433 g/mol. The normalized spacial score (nSPS) is 12.6. The van der Waals surface area contributed by atoms with Gasteiger partial charge in [0.15, 0.2) is 5.78 Å². The highest BCUT2D eigenvalue weighted by Crippen LogP contribution is 2.15. The second kappa shape index (κ2) is 9.15. The summed E-state index contributed by atoms with van der Waals surface area (Å²) in [6.45, 7) is 5.88. The Labute approximate surface area is 185 Å². The minimum absolute atomic E-state index is 0.0432. The predicted octanol–water partition coefficient (Wildman–Crippen LogP) is 3.06. The van der Waals surface area contributed by atoms with Crippen molar-refractivity contribution in [3.05, 3.63) is 84.8 Å². The Morgan fingerprint density at radius 1 is 1.13 bits per heavy atom. The number of aromatic nitrogens is 1. The largest absolute Gasteiger partial charge is 0.497 e. The molecule has 6 heteroatoms. The topological polar surface area (TPSA) is 72.1 Å². The van der Waals surface area contributed by atoms with Gasteiger partial charge in [0.1, 0.15) is 10.4 Å². The van der Waals surface area contributed by atoms with Crippen LogP contribution in [0.3, 0.4) is 0 Å². The van der Waals surface area contributed by atoms with Crippen molar-refractivity contribution in [3.8, 4) is 11.8 Å². The molecule has 0 N–H and O–H groups in total. The van der Waals surface area contributed by atoms with Gasteiger partial charge in [-0.15, -0.1) is 11.3 Å². The van der Waals surface area contributed by atoms with E-state index in [1.54, 1.807) is 29.9 Å². The van der Waals surface area contributed by atoms with Crippen LogP contribution in [0.2, 0.25) is 0 Å². The molecule has 0 bridgehead atoms. The molecule has 0 saturated heterocycles. The second-order valence-electron chi connectivity index (χ2n) is 8.18. The molecule has 5 nitrogen and oxygen atoms in total. The number of ether oxygens (including phenoxy) is 1. The Morgan fingerprint density at radius 3 is 2.32 bits per heavy atom. The van der Waals surface area contributed by atoms with Gasteiger partial charge in [-0.1, -0.05) is 45.0 Å². The molecule has 31 heavy (non-hydrogen) atoms. The number of hydrogen-bond donors (Lipinski definition) is 0. The summed E-state index contributed by atoms with van der Waals surface area (Å²) in [6, 6.07) is 16.6. The Kier molecular flexibility index (Phi) is 6.57. The lowest BCUT2D eigenvalue weighted by Gasteiger charge is -2.13. The van der Waals surface area contributed by atoms with Gasteiger partial charge in [0.2, 0.25) is 0 Å². The highest BCUT2D eigenvalue weighted by Gasteiger charge is 2.19. The molecule has 158 valence electrons. The summed E-state index contributed by atoms with van der Waals surface area (Å²) in [5.74, 6) is 0.699. The van der Waals surface area contributed by atoms with Crippen LogP contribution in [0.5, 0.6) is 5.75 Å². The molecule has 1 aromatic heterocycles. The lowest BCUT2D eigenvalue weighted by Crippen LogP contribution is -2.32. The Morgan fingerprint density at radius 2 is 1.77 bits per heavy atom. The number of thiazole rings is 1. The van der Waals surface area contributed by atoms with Crippen LogP contribution >= 0.6 is 11.3 Å². The first kappa shape index (κ1) is 22.3. The average Bonchev–Trinajstić information content (AvgIpc) is 3.03. The second-order valence-corrected chi connectivity index (χ2v) is 9.24. The first-order chi connectivity index (χ1) is 14.7. The molecule has 0 aliphatic heterocycles. The number of benzene rings is 2. The maximum Gasteiger partial charge on any atom is 0.269 e. The lowest BCUT2D eigenvalue weighted by molar-refractivity contribution is -0.120. The van der Waals surface area contributed by atoms with Crippen LogP contribution in [-0.4, -0.2) is 17.5 Å². The van der Waals surface area contributed by atoms with E-state index in [4.69, 9.17) is 10.00 Å². The number of Topliss-reactive ketones (excluding diaryl/α,β-unsaturated/α-hetero) is 1. The van der Waals surface area contributed by atoms with E-state index in [2.05, 4.69) is 6.07 Å². The van der Waals surface area contributed by atoms with Gasteiger partial charge in [-0.25, -0.2) is 0 Å². The summed E-state index contributed by atoms with van der Waals surface area (Å²) in [7, 11) is 1.61. The van der Waals surface area contributed by atoms with Crippen LogP contribution in [0.4, 0.5) is 0 Å². The van der Waals surface area contributed by atoms with Gasteiger partial charge < -0.3 is 4.74 Å². The molecule has 0 atom stereocenters. The molecular formula is C25H24N2O3S. The van der Waals surface area contributed by atoms with E-state index in [0.29, 0.717) is 21.3 Å². The predicted molar refractivity (Wildman–Crippen MR) is 124 cm³/mol. The van der Waals surface area contributed by atoms with Crippen LogP contribution in [0.25, 0.3) is 12.2 Å². The third kappa shape index (κ3) is 5.39. The monoisotopic (exact) mass is 432 g/mol. The SMILES string of the molecule is COc1ccc(C=c2sc(=CC(=O)C(C)(C)C)n(Cc3ccc(C#N)cc3)c2=O)cc1. The van der Waals surface area contributed by atoms with Crippen LogP contribution in [0.15, 0.2) is 53.3 Å². The fourth-order valence-electron chi connectivity index (χ4n) is 2.84. The maximum atomic E-state index is 13.2. The van der Waals surface area contributed by atoms with E-state index in [1.807, 2.05) is 63.2 Å². The molecule has 0 fully saturated rings. The van der Waals surface area contributed by atoms with Gasteiger partial charge >= 0.3 is 0 Å². The first-order valence-corrected chi connectivity index (χ1v) is 10.6. The summed E-state index contributed by atoms with van der Waals surface area (Å²) in [5, 5.41) is 9.00. The third-order valence-corrected chi connectivity index (χ3v) is 5.83. The molecular weight excluding hydrogens is 408 g/mol. The van der Waals surface area contributed by atoms with Crippen molar-refractivity contribution in [2.75, 3.05) is 7.11 Å². The smallest absolute Gasteiger partial charge is 0.269 e. The Bertz CT molecular complexity index is 1300. The minimum Gasteiger partial charge on any atom is -0.497 e. The molecule has 0 amide bonds. The molecule has 3 aromatic rings. The van der Waals surface area contributed by atoms with Gasteiger partial charge in [-0.05, 0) is 41.5 Å². The van der Waals surface area contributed by atoms with E-state index in [1.165, 1.54) is 11.3 Å². The first-order valence-electron chi connectivity index (χ1n) is 9.82. The number of nitrogens with zero attached hydrogens (tertiary/aromatic N) is 2. The van der Waals surface area contributed by atoms with Gasteiger partial charge in [-0.2, -0.15) is 5.26 Å². The van der Waals surface area contributed by atoms with Gasteiger partial charge in [0.05, 0.1) is 29.8 Å². The number of methoxy groups -OCH3 is 1. The number of nitriles is 1. The Balaban J connectivity index is 2.13. The number of hydrogen-bond acceptors (Lipinski definition) is 5. The summed E-state index contributed by atoms with van der Waals surface area (Å²) >= 11 is 1.30. The van der Waals surface area contributed by atoms with E-state index in [-0.39, 0.29) is 11.3 Å². The molecule has 2 aromatic carbocycles. The Hall–Kier alpha value is -3.43. The van der Waals surface area contributed by atoms with E-state index < -0.39 is 5.41 Å². The quantitative estimate of drug-likeness (QED) is 0.621. The van der Waals surface area contributed by atoms with Crippen molar-refractivity contribution in [1.29, 1.82) is 5.26 Å². The lowest BCUT2D eigenvalue weighted by atomic mass is 9.91. The van der Waals surface area contributed by atoms with Gasteiger partial charge in [0, 0.05) is 11.5 Å². The minimum atomic E-state index is -0.542. The highest BCUT2D eigenvalue weighted by molar-refractivity contribution is 7.07. The van der Waals surface area contributed by atoms with Crippen LogP contribution in [0.1, 0.15) is 37.5 Å². The summed E-state index contributed by atoms with van der Waals surface area (Å²) < 4.78 is 7.95. The molecule has 0 spiro atoms. The number of ketones is 1.